The molecule has 0 saturated carbocycles. The minimum absolute atomic E-state index is 0.234. The quantitative estimate of drug-likeness (QED) is 0.206. The molecule has 86 valence electrons. The molecule has 0 aliphatic heterocycles. The van der Waals surface area contributed by atoms with Crippen LogP contribution in [-0.2, 0) is 14.3 Å². The van der Waals surface area contributed by atoms with Gasteiger partial charge in [0.05, 0.1) is 18.4 Å². The van der Waals surface area contributed by atoms with Crippen LogP contribution < -0.4 is 0 Å². The molecule has 0 saturated heterocycles. The third-order valence-corrected chi connectivity index (χ3v) is 1.41. The number of hydrogen-bond donors (Lipinski definition) is 2. The van der Waals surface area contributed by atoms with Gasteiger partial charge in [-0.2, -0.15) is 0 Å². The second-order valence-electron chi connectivity index (χ2n) is 2.86. The molecule has 2 N–H and O–H groups in total. The Morgan fingerprint density at radius 2 is 2.27 bits per heavy atom. The van der Waals surface area contributed by atoms with Crippen LogP contribution in [0.1, 0.15) is 6.92 Å². The number of hydrogen-bond acceptors (Lipinski definition) is 5. The van der Waals surface area contributed by atoms with Gasteiger partial charge in [-0.1, -0.05) is 12.7 Å². The molecule has 0 aliphatic carbocycles. The zero-order valence-electron chi connectivity index (χ0n) is 8.68. The van der Waals surface area contributed by atoms with E-state index < -0.39 is 18.7 Å². The van der Waals surface area contributed by atoms with Gasteiger partial charge in [0.2, 0.25) is 0 Å². The number of aliphatic hydroxyl groups excluding tert-OH is 2. The fraction of sp³-hybridized carbons (Fsp3) is 0.500. The average molecular weight is 216 g/mol. The van der Waals surface area contributed by atoms with E-state index in [0.29, 0.717) is 6.61 Å². The van der Waals surface area contributed by atoms with Gasteiger partial charge in [0.15, 0.2) is 0 Å². The van der Waals surface area contributed by atoms with E-state index in [4.69, 9.17) is 14.9 Å². The summed E-state index contributed by atoms with van der Waals surface area (Å²) in [6.45, 7) is 4.60. The van der Waals surface area contributed by atoms with Crippen molar-refractivity contribution >= 4 is 5.97 Å². The lowest BCUT2D eigenvalue weighted by atomic mass is 10.3. The molecular weight excluding hydrogens is 200 g/mol. The third kappa shape index (κ3) is 6.70. The number of rotatable bonds is 7. The van der Waals surface area contributed by atoms with E-state index in [2.05, 4.69) is 11.3 Å². The Kier molecular flexibility index (Phi) is 7.31. The Labute approximate surface area is 88.6 Å². The Balaban J connectivity index is 3.87. The van der Waals surface area contributed by atoms with E-state index in [1.54, 1.807) is 6.08 Å². The van der Waals surface area contributed by atoms with Crippen molar-refractivity contribution in [1.29, 1.82) is 0 Å². The molecule has 0 radical (unpaired) electrons. The monoisotopic (exact) mass is 216 g/mol. The van der Waals surface area contributed by atoms with Gasteiger partial charge in [0.1, 0.15) is 19.3 Å². The van der Waals surface area contributed by atoms with Crippen LogP contribution in [0.4, 0.5) is 0 Å². The molecule has 0 aromatic carbocycles. The van der Waals surface area contributed by atoms with Gasteiger partial charge in [-0.15, -0.1) is 0 Å². The van der Waals surface area contributed by atoms with Gasteiger partial charge >= 0.3 is 5.97 Å². The first-order valence-electron chi connectivity index (χ1n) is 4.47. The minimum Gasteiger partial charge on any atom is -0.497 e. The van der Waals surface area contributed by atoms with Crippen molar-refractivity contribution in [2.24, 2.45) is 0 Å². The van der Waals surface area contributed by atoms with Crippen molar-refractivity contribution < 1.29 is 24.5 Å². The van der Waals surface area contributed by atoms with Crippen LogP contribution in [0.5, 0.6) is 0 Å². The second kappa shape index (κ2) is 8.02. The maximum Gasteiger partial charge on any atom is 0.336 e. The number of esters is 1. The van der Waals surface area contributed by atoms with Gasteiger partial charge in [-0.05, 0) is 6.92 Å². The minimum atomic E-state index is -1.05. The molecular formula is C10H16O5. The zero-order valence-corrected chi connectivity index (χ0v) is 8.68. The molecule has 0 amide bonds. The van der Waals surface area contributed by atoms with Crippen LogP contribution >= 0.6 is 0 Å². The SMILES string of the molecule is C=CCOC=C(C)C(=O)OCC(O)CO. The fourth-order valence-corrected chi connectivity index (χ4v) is 0.628. The first-order chi connectivity index (χ1) is 7.11. The molecule has 1 atom stereocenters. The lowest BCUT2D eigenvalue weighted by molar-refractivity contribution is -0.142. The summed E-state index contributed by atoms with van der Waals surface area (Å²) in [7, 11) is 0. The molecule has 0 aromatic rings. The molecule has 0 heterocycles. The van der Waals surface area contributed by atoms with Gasteiger partial charge < -0.3 is 19.7 Å². The molecule has 0 bridgehead atoms. The molecule has 5 heteroatoms. The smallest absolute Gasteiger partial charge is 0.336 e. The van der Waals surface area contributed by atoms with Crippen LogP contribution in [0.2, 0.25) is 0 Å². The lowest BCUT2D eigenvalue weighted by Crippen LogP contribution is -2.22. The molecule has 5 nitrogen and oxygen atoms in total. The molecule has 0 aromatic heterocycles. The molecule has 0 aliphatic rings. The predicted octanol–water partition coefficient (Wildman–Crippen LogP) is -0.0108. The molecule has 1 unspecified atom stereocenters. The molecule has 15 heavy (non-hydrogen) atoms. The van der Waals surface area contributed by atoms with Crippen LogP contribution in [0.3, 0.4) is 0 Å². The van der Waals surface area contributed by atoms with Crippen molar-refractivity contribution in [1.82, 2.24) is 0 Å². The largest absolute Gasteiger partial charge is 0.497 e. The van der Waals surface area contributed by atoms with E-state index in [-0.39, 0.29) is 12.2 Å². The summed E-state index contributed by atoms with van der Waals surface area (Å²) in [5, 5.41) is 17.4. The molecule has 0 rings (SSSR count). The first-order valence-corrected chi connectivity index (χ1v) is 4.47. The first kappa shape index (κ1) is 13.7. The van der Waals surface area contributed by atoms with Gasteiger partial charge in [0.25, 0.3) is 0 Å². The number of carbonyl (C=O) groups is 1. The van der Waals surface area contributed by atoms with E-state index >= 15 is 0 Å². The summed E-state index contributed by atoms with van der Waals surface area (Å²) in [5.41, 5.74) is 0.280. The second-order valence-corrected chi connectivity index (χ2v) is 2.86. The van der Waals surface area contributed by atoms with Crippen molar-refractivity contribution in [3.63, 3.8) is 0 Å². The van der Waals surface area contributed by atoms with Crippen LogP contribution in [0.15, 0.2) is 24.5 Å². The Bertz CT molecular complexity index is 234. The average Bonchev–Trinajstić information content (AvgIpc) is 2.25. The summed E-state index contributed by atoms with van der Waals surface area (Å²) in [5.74, 6) is -0.591. The van der Waals surface area contributed by atoms with Gasteiger partial charge in [-0.3, -0.25) is 0 Å². The predicted molar refractivity (Wildman–Crippen MR) is 54.0 cm³/mol. The van der Waals surface area contributed by atoms with Gasteiger partial charge in [0, 0.05) is 0 Å². The van der Waals surface area contributed by atoms with Crippen molar-refractivity contribution in [2.45, 2.75) is 13.0 Å². The van der Waals surface area contributed by atoms with E-state index in [9.17, 15) is 4.79 Å². The third-order valence-electron chi connectivity index (χ3n) is 1.41. The number of carbonyl (C=O) groups excluding carboxylic acids is 1. The van der Waals surface area contributed by atoms with Crippen molar-refractivity contribution in [2.75, 3.05) is 19.8 Å². The summed E-state index contributed by atoms with van der Waals surface area (Å²) < 4.78 is 9.57. The van der Waals surface area contributed by atoms with Crippen LogP contribution in [-0.4, -0.2) is 42.1 Å². The Morgan fingerprint density at radius 1 is 1.60 bits per heavy atom. The van der Waals surface area contributed by atoms with E-state index in [0.717, 1.165) is 0 Å². The maximum absolute atomic E-state index is 11.2. The summed E-state index contributed by atoms with van der Waals surface area (Å²) in [4.78, 5) is 11.2. The number of ether oxygens (including phenoxy) is 2. The van der Waals surface area contributed by atoms with Crippen LogP contribution in [0.25, 0.3) is 0 Å². The van der Waals surface area contributed by atoms with E-state index in [1.165, 1.54) is 13.2 Å². The van der Waals surface area contributed by atoms with Gasteiger partial charge in [-0.25, -0.2) is 4.79 Å². The highest BCUT2D eigenvalue weighted by molar-refractivity contribution is 5.87. The topological polar surface area (TPSA) is 76.0 Å². The highest BCUT2D eigenvalue weighted by Crippen LogP contribution is 1.98. The highest BCUT2D eigenvalue weighted by Gasteiger charge is 2.09. The normalized spacial score (nSPS) is 13.1. The van der Waals surface area contributed by atoms with Crippen molar-refractivity contribution in [3.8, 4) is 0 Å². The highest BCUT2D eigenvalue weighted by atomic mass is 16.5. The lowest BCUT2D eigenvalue weighted by Gasteiger charge is -2.08. The number of aliphatic hydroxyl groups is 2. The van der Waals surface area contributed by atoms with Crippen molar-refractivity contribution in [3.05, 3.63) is 24.5 Å². The Hall–Kier alpha value is -1.33. The fourth-order valence-electron chi connectivity index (χ4n) is 0.628. The van der Waals surface area contributed by atoms with E-state index in [1.807, 2.05) is 0 Å². The summed E-state index contributed by atoms with van der Waals surface area (Å²) in [6.07, 6.45) is 1.76. The summed E-state index contributed by atoms with van der Waals surface area (Å²) in [6, 6.07) is 0. The molecule has 0 fully saturated rings. The summed E-state index contributed by atoms with van der Waals surface area (Å²) >= 11 is 0. The Morgan fingerprint density at radius 3 is 2.80 bits per heavy atom. The van der Waals surface area contributed by atoms with Crippen LogP contribution in [0, 0.1) is 0 Å². The molecule has 0 spiro atoms. The zero-order chi connectivity index (χ0) is 11.7. The maximum atomic E-state index is 11.2. The standard InChI is InChI=1S/C10H16O5/c1-3-4-14-6-8(2)10(13)15-7-9(12)5-11/h3,6,9,11-12H,1,4-5,7H2,2H3.